The van der Waals surface area contributed by atoms with Crippen LogP contribution in [0.2, 0.25) is 5.02 Å². The van der Waals surface area contributed by atoms with Gasteiger partial charge in [0.15, 0.2) is 5.69 Å². The van der Waals surface area contributed by atoms with E-state index < -0.39 is 0 Å². The fourth-order valence-corrected chi connectivity index (χ4v) is 3.93. The number of amides is 1. The lowest BCUT2D eigenvalue weighted by atomic mass is 9.91. The van der Waals surface area contributed by atoms with Crippen molar-refractivity contribution in [2.45, 2.75) is 35.7 Å². The number of benzene rings is 1. The minimum absolute atomic E-state index is 0.0649. The molecule has 7 heteroatoms. The van der Waals surface area contributed by atoms with Gasteiger partial charge in [0.1, 0.15) is 5.03 Å². The lowest BCUT2D eigenvalue weighted by Crippen LogP contribution is -2.42. The molecule has 2 heterocycles. The number of piperidine rings is 1. The molecule has 1 aliphatic rings. The molecule has 0 bridgehead atoms. The molecule has 2 N–H and O–H groups in total. The molecule has 1 unspecified atom stereocenters. The van der Waals surface area contributed by atoms with E-state index in [1.807, 2.05) is 42.2 Å². The number of carbonyl (C=O) groups is 1. The molecule has 0 aliphatic carbocycles. The zero-order chi connectivity index (χ0) is 17.8. The van der Waals surface area contributed by atoms with Gasteiger partial charge in [-0.15, -0.1) is 10.2 Å². The number of halogens is 1. The standard InChI is InChI=1S/C18H21ClN4OS/c1-12(20)13-8-10-23(11-9-13)18(24)15-6-7-17(22-21-15)25-16-5-3-2-4-14(16)19/h2-7,12-13H,8-11,20H2,1H3. The summed E-state index contributed by atoms with van der Waals surface area (Å²) in [5.74, 6) is 0.425. The molecule has 1 atom stereocenters. The highest BCUT2D eigenvalue weighted by Gasteiger charge is 2.26. The van der Waals surface area contributed by atoms with Crippen LogP contribution < -0.4 is 5.73 Å². The number of carbonyl (C=O) groups excluding carboxylic acids is 1. The minimum Gasteiger partial charge on any atom is -0.337 e. The molecule has 5 nitrogen and oxygen atoms in total. The average molecular weight is 377 g/mol. The van der Waals surface area contributed by atoms with Crippen molar-refractivity contribution < 1.29 is 4.79 Å². The quantitative estimate of drug-likeness (QED) is 0.884. The Hall–Kier alpha value is -1.63. The largest absolute Gasteiger partial charge is 0.337 e. The van der Waals surface area contributed by atoms with Crippen LogP contribution in [0.1, 0.15) is 30.3 Å². The van der Waals surface area contributed by atoms with Crippen LogP contribution in [0, 0.1) is 5.92 Å². The lowest BCUT2D eigenvalue weighted by Gasteiger charge is -2.33. The first kappa shape index (κ1) is 18.2. The highest BCUT2D eigenvalue weighted by Crippen LogP contribution is 2.31. The summed E-state index contributed by atoms with van der Waals surface area (Å²) in [6, 6.07) is 11.3. The third-order valence-electron chi connectivity index (χ3n) is 4.48. The van der Waals surface area contributed by atoms with Gasteiger partial charge in [-0.3, -0.25) is 4.79 Å². The Morgan fingerprint density at radius 1 is 1.24 bits per heavy atom. The summed E-state index contributed by atoms with van der Waals surface area (Å²) in [6.45, 7) is 3.48. The number of hydrogen-bond acceptors (Lipinski definition) is 5. The van der Waals surface area contributed by atoms with Crippen molar-refractivity contribution >= 4 is 29.3 Å². The summed E-state index contributed by atoms with van der Waals surface area (Å²) < 4.78 is 0. The highest BCUT2D eigenvalue weighted by molar-refractivity contribution is 7.99. The smallest absolute Gasteiger partial charge is 0.274 e. The summed E-state index contributed by atoms with van der Waals surface area (Å²) in [7, 11) is 0. The topological polar surface area (TPSA) is 72.1 Å². The molecular weight excluding hydrogens is 356 g/mol. The van der Waals surface area contributed by atoms with Gasteiger partial charge in [0.2, 0.25) is 0 Å². The predicted molar refractivity (Wildman–Crippen MR) is 99.9 cm³/mol. The van der Waals surface area contributed by atoms with Gasteiger partial charge in [0.25, 0.3) is 5.91 Å². The second kappa shape index (κ2) is 8.17. The fraction of sp³-hybridized carbons (Fsp3) is 0.389. The summed E-state index contributed by atoms with van der Waals surface area (Å²) in [4.78, 5) is 15.3. The molecule has 25 heavy (non-hydrogen) atoms. The van der Waals surface area contributed by atoms with E-state index in [-0.39, 0.29) is 11.9 Å². The van der Waals surface area contributed by atoms with Gasteiger partial charge in [-0.1, -0.05) is 35.5 Å². The normalized spacial score (nSPS) is 16.7. The van der Waals surface area contributed by atoms with Gasteiger partial charge in [-0.05, 0) is 49.9 Å². The number of hydrogen-bond donors (Lipinski definition) is 1. The maximum atomic E-state index is 12.6. The Bertz CT molecular complexity index is 730. The van der Waals surface area contributed by atoms with Gasteiger partial charge in [-0.2, -0.15) is 0 Å². The average Bonchev–Trinajstić information content (AvgIpc) is 2.64. The molecule has 1 aromatic heterocycles. The summed E-state index contributed by atoms with van der Waals surface area (Å²) in [5, 5.41) is 9.65. The summed E-state index contributed by atoms with van der Waals surface area (Å²) in [6.07, 6.45) is 1.88. The van der Waals surface area contributed by atoms with Crippen LogP contribution in [-0.2, 0) is 0 Å². The molecule has 0 saturated carbocycles. The van der Waals surface area contributed by atoms with E-state index in [2.05, 4.69) is 10.2 Å². The van der Waals surface area contributed by atoms with Crippen LogP contribution in [0.3, 0.4) is 0 Å². The maximum Gasteiger partial charge on any atom is 0.274 e. The fourth-order valence-electron chi connectivity index (χ4n) is 2.92. The highest BCUT2D eigenvalue weighted by atomic mass is 35.5. The van der Waals surface area contributed by atoms with Gasteiger partial charge < -0.3 is 10.6 Å². The molecule has 2 aromatic rings. The van der Waals surface area contributed by atoms with Crippen molar-refractivity contribution in [2.75, 3.05) is 13.1 Å². The summed E-state index contributed by atoms with van der Waals surface area (Å²) >= 11 is 7.58. The van der Waals surface area contributed by atoms with Gasteiger partial charge in [0, 0.05) is 24.0 Å². The first-order chi connectivity index (χ1) is 12.0. The van der Waals surface area contributed by atoms with E-state index in [1.54, 1.807) is 6.07 Å². The number of rotatable bonds is 4. The van der Waals surface area contributed by atoms with Crippen molar-refractivity contribution in [3.05, 3.63) is 47.1 Å². The Labute approximate surface area is 156 Å². The van der Waals surface area contributed by atoms with Crippen molar-refractivity contribution in [1.29, 1.82) is 0 Å². The molecule has 1 saturated heterocycles. The zero-order valence-electron chi connectivity index (χ0n) is 14.1. The van der Waals surface area contributed by atoms with Crippen LogP contribution >= 0.6 is 23.4 Å². The monoisotopic (exact) mass is 376 g/mol. The number of nitrogens with two attached hydrogens (primary N) is 1. The van der Waals surface area contributed by atoms with Crippen molar-refractivity contribution in [3.8, 4) is 0 Å². The number of aromatic nitrogens is 2. The minimum atomic E-state index is -0.0649. The summed E-state index contributed by atoms with van der Waals surface area (Å²) in [5.41, 5.74) is 6.33. The van der Waals surface area contributed by atoms with Gasteiger partial charge >= 0.3 is 0 Å². The van der Waals surface area contributed by atoms with E-state index >= 15 is 0 Å². The van der Waals surface area contributed by atoms with E-state index in [0.29, 0.717) is 21.7 Å². The lowest BCUT2D eigenvalue weighted by molar-refractivity contribution is 0.0673. The molecule has 1 fully saturated rings. The molecule has 1 aliphatic heterocycles. The van der Waals surface area contributed by atoms with E-state index in [9.17, 15) is 4.79 Å². The SMILES string of the molecule is CC(N)C1CCN(C(=O)c2ccc(Sc3ccccc3Cl)nn2)CC1. The molecule has 132 valence electrons. The van der Waals surface area contributed by atoms with Crippen molar-refractivity contribution in [1.82, 2.24) is 15.1 Å². The number of likely N-dealkylation sites (tertiary alicyclic amines) is 1. The third kappa shape index (κ3) is 4.51. The van der Waals surface area contributed by atoms with Crippen LogP contribution in [-0.4, -0.2) is 40.1 Å². The Morgan fingerprint density at radius 3 is 2.56 bits per heavy atom. The van der Waals surface area contributed by atoms with Crippen LogP contribution in [0.25, 0.3) is 0 Å². The Kier molecular flexibility index (Phi) is 5.93. The Morgan fingerprint density at radius 2 is 1.96 bits per heavy atom. The second-order valence-electron chi connectivity index (χ2n) is 6.28. The van der Waals surface area contributed by atoms with Crippen LogP contribution in [0.5, 0.6) is 0 Å². The maximum absolute atomic E-state index is 12.6. The van der Waals surface area contributed by atoms with E-state index in [1.165, 1.54) is 11.8 Å². The first-order valence-electron chi connectivity index (χ1n) is 8.35. The Balaban J connectivity index is 1.62. The third-order valence-corrected chi connectivity index (χ3v) is 5.93. The molecule has 1 amide bonds. The second-order valence-corrected chi connectivity index (χ2v) is 7.75. The van der Waals surface area contributed by atoms with Crippen molar-refractivity contribution in [3.63, 3.8) is 0 Å². The molecule has 3 rings (SSSR count). The number of nitrogens with zero attached hydrogens (tertiary/aromatic N) is 3. The van der Waals surface area contributed by atoms with E-state index in [4.69, 9.17) is 17.3 Å². The molecule has 0 spiro atoms. The first-order valence-corrected chi connectivity index (χ1v) is 9.55. The van der Waals surface area contributed by atoms with Gasteiger partial charge in [0.05, 0.1) is 5.02 Å². The van der Waals surface area contributed by atoms with Crippen molar-refractivity contribution in [2.24, 2.45) is 11.7 Å². The van der Waals surface area contributed by atoms with Crippen LogP contribution in [0.15, 0.2) is 46.3 Å². The molecular formula is C18H21ClN4OS. The molecule has 1 aromatic carbocycles. The predicted octanol–water partition coefficient (Wildman–Crippen LogP) is 3.48. The van der Waals surface area contributed by atoms with E-state index in [0.717, 1.165) is 30.8 Å². The zero-order valence-corrected chi connectivity index (χ0v) is 15.6. The molecule has 0 radical (unpaired) electrons. The van der Waals surface area contributed by atoms with Crippen LogP contribution in [0.4, 0.5) is 0 Å². The van der Waals surface area contributed by atoms with Gasteiger partial charge in [-0.25, -0.2) is 0 Å².